The van der Waals surface area contributed by atoms with Gasteiger partial charge in [0.15, 0.2) is 0 Å². The highest BCUT2D eigenvalue weighted by atomic mass is 16.4. The average Bonchev–Trinajstić information content (AvgIpc) is 2.14. The van der Waals surface area contributed by atoms with Crippen LogP contribution in [0, 0.1) is 5.92 Å². The van der Waals surface area contributed by atoms with E-state index >= 15 is 0 Å². The van der Waals surface area contributed by atoms with Crippen LogP contribution in [0.2, 0.25) is 0 Å². The Morgan fingerprint density at radius 2 is 2.50 bits per heavy atom. The zero-order valence-electron chi connectivity index (χ0n) is 5.09. The molecule has 1 N–H and O–H groups in total. The van der Waals surface area contributed by atoms with Gasteiger partial charge in [-0.25, -0.2) is 0 Å². The lowest BCUT2D eigenvalue weighted by molar-refractivity contribution is 0.315. The quantitative estimate of drug-likeness (QED) is 0.376. The van der Waals surface area contributed by atoms with Crippen LogP contribution in [0.5, 0.6) is 0 Å². The van der Waals surface area contributed by atoms with Gasteiger partial charge in [-0.1, -0.05) is 12.1 Å². The van der Waals surface area contributed by atoms with Gasteiger partial charge in [-0.15, -0.1) is 0 Å². The number of oxime groups is 1. The van der Waals surface area contributed by atoms with Crippen LogP contribution in [0.3, 0.4) is 0 Å². The van der Waals surface area contributed by atoms with Gasteiger partial charge in [-0.3, -0.25) is 0 Å². The fourth-order valence-electron chi connectivity index (χ4n) is 1.15. The van der Waals surface area contributed by atoms with Crippen molar-refractivity contribution in [1.82, 2.24) is 0 Å². The fraction of sp³-hybridized carbons (Fsp3) is 0.833. The molecule has 0 amide bonds. The molecule has 0 bridgehead atoms. The monoisotopic (exact) mass is 113 g/mol. The molecule has 1 saturated carbocycles. The highest BCUT2D eigenvalue weighted by Crippen LogP contribution is 2.20. The summed E-state index contributed by atoms with van der Waals surface area (Å²) in [6, 6.07) is 0. The van der Waals surface area contributed by atoms with E-state index in [1.54, 1.807) is 0 Å². The van der Waals surface area contributed by atoms with Crippen molar-refractivity contribution in [2.24, 2.45) is 11.1 Å². The Kier molecular flexibility index (Phi) is 1.51. The average molecular weight is 113 g/mol. The zero-order valence-corrected chi connectivity index (χ0v) is 5.09. The van der Waals surface area contributed by atoms with Crippen molar-refractivity contribution in [3.05, 3.63) is 0 Å². The van der Waals surface area contributed by atoms with Crippen LogP contribution in [0.1, 0.15) is 26.2 Å². The Balaban J connectivity index is 2.55. The Hall–Kier alpha value is -0.530. The van der Waals surface area contributed by atoms with E-state index < -0.39 is 0 Å². The van der Waals surface area contributed by atoms with Crippen LogP contribution >= 0.6 is 0 Å². The topological polar surface area (TPSA) is 32.6 Å². The van der Waals surface area contributed by atoms with Crippen LogP contribution in [-0.4, -0.2) is 10.9 Å². The molecule has 1 aliphatic carbocycles. The molecule has 0 heterocycles. The molecule has 1 rings (SSSR count). The molecular weight excluding hydrogens is 102 g/mol. The Morgan fingerprint density at radius 1 is 1.75 bits per heavy atom. The number of hydrogen-bond donors (Lipinski definition) is 1. The first-order valence-electron chi connectivity index (χ1n) is 3.05. The van der Waals surface area contributed by atoms with E-state index in [-0.39, 0.29) is 0 Å². The van der Waals surface area contributed by atoms with Crippen LogP contribution in [0.25, 0.3) is 0 Å². The lowest BCUT2D eigenvalue weighted by Crippen LogP contribution is -2.00. The first-order valence-corrected chi connectivity index (χ1v) is 3.05. The molecule has 1 fully saturated rings. The number of nitrogens with zero attached hydrogens (tertiary/aromatic N) is 1. The van der Waals surface area contributed by atoms with Gasteiger partial charge in [0.05, 0.1) is 5.71 Å². The van der Waals surface area contributed by atoms with Crippen LogP contribution < -0.4 is 0 Å². The second-order valence-electron chi connectivity index (χ2n) is 2.38. The summed E-state index contributed by atoms with van der Waals surface area (Å²) in [5, 5.41) is 11.5. The lowest BCUT2D eigenvalue weighted by Gasteiger charge is -1.96. The summed E-state index contributed by atoms with van der Waals surface area (Å²) in [5.41, 5.74) is 0.977. The third kappa shape index (κ3) is 0.831. The molecule has 0 radical (unpaired) electrons. The smallest absolute Gasteiger partial charge is 0.0598 e. The van der Waals surface area contributed by atoms with Crippen molar-refractivity contribution in [3.8, 4) is 0 Å². The molecule has 0 aromatic rings. The Bertz CT molecular complexity index is 109. The zero-order chi connectivity index (χ0) is 5.98. The summed E-state index contributed by atoms with van der Waals surface area (Å²) >= 11 is 0. The predicted molar refractivity (Wildman–Crippen MR) is 32.2 cm³/mol. The van der Waals surface area contributed by atoms with E-state index in [0.717, 1.165) is 12.1 Å². The van der Waals surface area contributed by atoms with Crippen molar-refractivity contribution in [3.63, 3.8) is 0 Å². The molecule has 2 nitrogen and oxygen atoms in total. The molecule has 0 aromatic heterocycles. The predicted octanol–water partition coefficient (Wildman–Crippen LogP) is 1.64. The molecule has 1 atom stereocenters. The summed E-state index contributed by atoms with van der Waals surface area (Å²) in [6.45, 7) is 2.10. The van der Waals surface area contributed by atoms with Gasteiger partial charge in [-0.2, -0.15) is 0 Å². The summed E-state index contributed by atoms with van der Waals surface area (Å²) in [4.78, 5) is 0. The van der Waals surface area contributed by atoms with Gasteiger partial charge in [-0.05, 0) is 25.2 Å². The van der Waals surface area contributed by atoms with E-state index in [0.29, 0.717) is 5.92 Å². The maximum absolute atomic E-state index is 8.32. The SMILES string of the molecule is C[C@H]1CCC/C1=N\O. The largest absolute Gasteiger partial charge is 0.411 e. The summed E-state index contributed by atoms with van der Waals surface area (Å²) in [6.07, 6.45) is 3.39. The summed E-state index contributed by atoms with van der Waals surface area (Å²) in [5.74, 6) is 0.528. The van der Waals surface area contributed by atoms with Gasteiger partial charge in [0.25, 0.3) is 0 Å². The van der Waals surface area contributed by atoms with Gasteiger partial charge in [0.1, 0.15) is 0 Å². The molecule has 0 aromatic carbocycles. The fourth-order valence-corrected chi connectivity index (χ4v) is 1.15. The molecule has 8 heavy (non-hydrogen) atoms. The second kappa shape index (κ2) is 2.16. The van der Waals surface area contributed by atoms with Crippen LogP contribution in [-0.2, 0) is 0 Å². The Labute approximate surface area is 49.2 Å². The van der Waals surface area contributed by atoms with Crippen LogP contribution in [0.4, 0.5) is 0 Å². The first-order chi connectivity index (χ1) is 3.84. The van der Waals surface area contributed by atoms with Gasteiger partial charge in [0, 0.05) is 0 Å². The summed E-state index contributed by atoms with van der Waals surface area (Å²) in [7, 11) is 0. The van der Waals surface area contributed by atoms with Crippen molar-refractivity contribution in [2.75, 3.05) is 0 Å². The van der Waals surface area contributed by atoms with Crippen molar-refractivity contribution >= 4 is 5.71 Å². The van der Waals surface area contributed by atoms with E-state index in [2.05, 4.69) is 12.1 Å². The minimum absolute atomic E-state index is 0.528. The third-order valence-corrected chi connectivity index (χ3v) is 1.77. The Morgan fingerprint density at radius 3 is 2.75 bits per heavy atom. The lowest BCUT2D eigenvalue weighted by atomic mass is 10.1. The molecular formula is C6H11NO. The standard InChI is InChI=1S/C6H11NO/c1-5-3-2-4-6(5)7-8/h5,8H,2-4H2,1H3/b7-6+/t5-/m0/s1. The molecule has 0 aliphatic heterocycles. The first kappa shape index (κ1) is 5.60. The maximum atomic E-state index is 8.32. The molecule has 0 spiro atoms. The molecule has 46 valence electrons. The number of hydrogen-bond acceptors (Lipinski definition) is 2. The number of rotatable bonds is 0. The van der Waals surface area contributed by atoms with E-state index in [9.17, 15) is 0 Å². The second-order valence-corrected chi connectivity index (χ2v) is 2.38. The molecule has 1 aliphatic rings. The van der Waals surface area contributed by atoms with Gasteiger partial charge >= 0.3 is 0 Å². The van der Waals surface area contributed by atoms with Crippen molar-refractivity contribution in [1.29, 1.82) is 0 Å². The minimum Gasteiger partial charge on any atom is -0.411 e. The third-order valence-electron chi connectivity index (χ3n) is 1.77. The van der Waals surface area contributed by atoms with Crippen molar-refractivity contribution < 1.29 is 5.21 Å². The van der Waals surface area contributed by atoms with E-state index in [1.807, 2.05) is 0 Å². The molecule has 0 unspecified atom stereocenters. The van der Waals surface area contributed by atoms with E-state index in [4.69, 9.17) is 5.21 Å². The van der Waals surface area contributed by atoms with Gasteiger partial charge in [0.2, 0.25) is 0 Å². The molecule has 0 saturated heterocycles. The maximum Gasteiger partial charge on any atom is 0.0598 e. The highest BCUT2D eigenvalue weighted by Gasteiger charge is 2.17. The minimum atomic E-state index is 0.528. The normalized spacial score (nSPS) is 34.1. The summed E-state index contributed by atoms with van der Waals surface area (Å²) < 4.78 is 0. The van der Waals surface area contributed by atoms with E-state index in [1.165, 1.54) is 12.8 Å². The van der Waals surface area contributed by atoms with Crippen LogP contribution in [0.15, 0.2) is 5.16 Å². The van der Waals surface area contributed by atoms with Gasteiger partial charge < -0.3 is 5.21 Å². The highest BCUT2D eigenvalue weighted by molar-refractivity contribution is 5.87. The van der Waals surface area contributed by atoms with Crippen molar-refractivity contribution in [2.45, 2.75) is 26.2 Å². The molecule has 2 heteroatoms.